The quantitative estimate of drug-likeness (QED) is 0.811. The first-order valence-corrected chi connectivity index (χ1v) is 8.97. The predicted molar refractivity (Wildman–Crippen MR) is 99.9 cm³/mol. The third-order valence-corrected chi connectivity index (χ3v) is 4.75. The number of rotatable bonds is 6. The van der Waals surface area contributed by atoms with E-state index >= 15 is 0 Å². The molecule has 2 amide bonds. The summed E-state index contributed by atoms with van der Waals surface area (Å²) in [4.78, 5) is 28.0. The van der Waals surface area contributed by atoms with Crippen LogP contribution in [0.1, 0.15) is 46.6 Å². The lowest BCUT2D eigenvalue weighted by Crippen LogP contribution is -2.52. The van der Waals surface area contributed by atoms with Gasteiger partial charge >= 0.3 is 12.0 Å². The number of amides is 2. The Labute approximate surface area is 155 Å². The maximum Gasteiger partial charge on any atom is 0.327 e. The molecule has 2 N–H and O–H groups in total. The molecule has 2 rings (SSSR count). The zero-order valence-corrected chi connectivity index (χ0v) is 16.3. The molecule has 1 fully saturated rings. The first kappa shape index (κ1) is 20.1. The highest BCUT2D eigenvalue weighted by atomic mass is 16.4. The van der Waals surface area contributed by atoms with Crippen LogP contribution in [0.25, 0.3) is 0 Å². The number of aliphatic carboxylic acids is 1. The van der Waals surface area contributed by atoms with Crippen molar-refractivity contribution in [3.63, 3.8) is 0 Å². The SMILES string of the molecule is CC(C)(C)CC(C)(C)[C@@H](C(=O)O)N1CCN(Cc2ccccc2O)C1=O. The van der Waals surface area contributed by atoms with Crippen molar-refractivity contribution in [2.24, 2.45) is 10.8 Å². The summed E-state index contributed by atoms with van der Waals surface area (Å²) >= 11 is 0. The normalized spacial score (nSPS) is 16.9. The third-order valence-electron chi connectivity index (χ3n) is 4.75. The average Bonchev–Trinajstić information content (AvgIpc) is 2.80. The Balaban J connectivity index is 2.20. The number of phenolic OH excluding ortho intramolecular Hbond substituents is 1. The molecule has 0 radical (unpaired) electrons. The summed E-state index contributed by atoms with van der Waals surface area (Å²) in [5.41, 5.74) is 0.0451. The predicted octanol–water partition coefficient (Wildman–Crippen LogP) is 3.55. The maximum atomic E-state index is 12.9. The van der Waals surface area contributed by atoms with Crippen LogP contribution in [0.4, 0.5) is 4.79 Å². The van der Waals surface area contributed by atoms with Crippen molar-refractivity contribution in [3.05, 3.63) is 29.8 Å². The van der Waals surface area contributed by atoms with Crippen molar-refractivity contribution in [1.29, 1.82) is 0 Å². The van der Waals surface area contributed by atoms with Crippen molar-refractivity contribution in [3.8, 4) is 5.75 Å². The van der Waals surface area contributed by atoms with Crippen LogP contribution in [0.15, 0.2) is 24.3 Å². The number of carboxylic acids is 1. The third kappa shape index (κ3) is 4.48. The number of hydrogen-bond acceptors (Lipinski definition) is 3. The van der Waals surface area contributed by atoms with E-state index in [9.17, 15) is 19.8 Å². The summed E-state index contributed by atoms with van der Waals surface area (Å²) in [6.45, 7) is 11.1. The Morgan fingerprint density at radius 2 is 1.77 bits per heavy atom. The van der Waals surface area contributed by atoms with Crippen molar-refractivity contribution in [2.75, 3.05) is 13.1 Å². The fraction of sp³-hybridized carbons (Fsp3) is 0.600. The molecule has 26 heavy (non-hydrogen) atoms. The largest absolute Gasteiger partial charge is 0.508 e. The van der Waals surface area contributed by atoms with Gasteiger partial charge in [0.25, 0.3) is 0 Å². The number of hydrogen-bond donors (Lipinski definition) is 2. The van der Waals surface area contributed by atoms with Crippen LogP contribution >= 0.6 is 0 Å². The fourth-order valence-electron chi connectivity index (χ4n) is 4.19. The average molecular weight is 362 g/mol. The highest BCUT2D eigenvalue weighted by Crippen LogP contribution is 2.39. The van der Waals surface area contributed by atoms with Crippen molar-refractivity contribution >= 4 is 12.0 Å². The fourth-order valence-corrected chi connectivity index (χ4v) is 4.19. The molecule has 1 aromatic carbocycles. The van der Waals surface area contributed by atoms with E-state index in [1.165, 1.54) is 4.90 Å². The van der Waals surface area contributed by atoms with Crippen molar-refractivity contribution in [1.82, 2.24) is 9.80 Å². The molecule has 1 heterocycles. The van der Waals surface area contributed by atoms with Gasteiger partial charge in [-0.1, -0.05) is 52.8 Å². The minimum Gasteiger partial charge on any atom is -0.508 e. The highest BCUT2D eigenvalue weighted by Gasteiger charge is 2.46. The Hall–Kier alpha value is -2.24. The van der Waals surface area contributed by atoms with E-state index in [-0.39, 0.29) is 23.7 Å². The van der Waals surface area contributed by atoms with Gasteiger partial charge in [-0.25, -0.2) is 9.59 Å². The number of para-hydroxylation sites is 1. The second kappa shape index (κ2) is 7.17. The summed E-state index contributed by atoms with van der Waals surface area (Å²) in [5, 5.41) is 19.8. The van der Waals surface area contributed by atoms with Gasteiger partial charge in [-0.3, -0.25) is 0 Å². The van der Waals surface area contributed by atoms with E-state index in [2.05, 4.69) is 20.8 Å². The van der Waals surface area contributed by atoms with Crippen LogP contribution in [0.2, 0.25) is 0 Å². The summed E-state index contributed by atoms with van der Waals surface area (Å²) in [7, 11) is 0. The lowest BCUT2D eigenvalue weighted by atomic mass is 9.71. The van der Waals surface area contributed by atoms with Gasteiger partial charge in [0.15, 0.2) is 0 Å². The molecule has 0 aliphatic carbocycles. The Morgan fingerprint density at radius 1 is 1.15 bits per heavy atom. The number of benzene rings is 1. The number of nitrogens with zero attached hydrogens (tertiary/aromatic N) is 2. The molecule has 1 atom stereocenters. The van der Waals surface area contributed by atoms with E-state index in [0.717, 1.165) is 0 Å². The van der Waals surface area contributed by atoms with Gasteiger partial charge in [0, 0.05) is 18.7 Å². The Bertz CT molecular complexity index is 679. The second-order valence-electron chi connectivity index (χ2n) is 8.99. The van der Waals surface area contributed by atoms with Gasteiger partial charge in [-0.15, -0.1) is 0 Å². The summed E-state index contributed by atoms with van der Waals surface area (Å²) in [6.07, 6.45) is 0.681. The van der Waals surface area contributed by atoms with Gasteiger partial charge < -0.3 is 20.0 Å². The van der Waals surface area contributed by atoms with Crippen LogP contribution in [0.5, 0.6) is 5.75 Å². The first-order chi connectivity index (χ1) is 11.9. The molecular weight excluding hydrogens is 332 g/mol. The first-order valence-electron chi connectivity index (χ1n) is 8.97. The van der Waals surface area contributed by atoms with Crippen LogP contribution in [0, 0.1) is 10.8 Å². The molecular formula is C20H30N2O4. The highest BCUT2D eigenvalue weighted by molar-refractivity contribution is 5.84. The van der Waals surface area contributed by atoms with E-state index < -0.39 is 17.4 Å². The Kier molecular flexibility index (Phi) is 5.54. The van der Waals surface area contributed by atoms with Crippen LogP contribution in [-0.4, -0.2) is 51.1 Å². The molecule has 0 spiro atoms. The van der Waals surface area contributed by atoms with Crippen LogP contribution < -0.4 is 0 Å². The molecule has 0 bridgehead atoms. The van der Waals surface area contributed by atoms with Gasteiger partial charge in [0.05, 0.1) is 6.54 Å². The van der Waals surface area contributed by atoms with Gasteiger partial charge in [-0.05, 0) is 23.3 Å². The van der Waals surface area contributed by atoms with Gasteiger partial charge in [0.2, 0.25) is 0 Å². The molecule has 1 aliphatic rings. The Morgan fingerprint density at radius 3 is 2.31 bits per heavy atom. The molecule has 0 aromatic heterocycles. The number of carboxylic acid groups (broad SMARTS) is 1. The number of carbonyl (C=O) groups is 2. The van der Waals surface area contributed by atoms with Gasteiger partial charge in [0.1, 0.15) is 11.8 Å². The summed E-state index contributed by atoms with van der Waals surface area (Å²) in [6, 6.07) is 5.71. The standard InChI is InChI=1S/C20H30N2O4/c1-19(2,3)13-20(4,5)16(17(24)25)22-11-10-21(18(22)26)12-14-8-6-7-9-15(14)23/h6-9,16,23H,10-13H2,1-5H3,(H,24,25)/t16-/m1/s1. The molecule has 6 nitrogen and oxygen atoms in total. The molecule has 1 aromatic rings. The topological polar surface area (TPSA) is 81.1 Å². The van der Waals surface area contributed by atoms with Crippen molar-refractivity contribution in [2.45, 2.75) is 53.6 Å². The van der Waals surface area contributed by atoms with E-state index in [1.807, 2.05) is 13.8 Å². The van der Waals surface area contributed by atoms with Crippen LogP contribution in [0.3, 0.4) is 0 Å². The monoisotopic (exact) mass is 362 g/mol. The smallest absolute Gasteiger partial charge is 0.327 e. The molecule has 1 aliphatic heterocycles. The molecule has 1 saturated heterocycles. The zero-order valence-electron chi connectivity index (χ0n) is 16.3. The van der Waals surface area contributed by atoms with E-state index in [4.69, 9.17) is 0 Å². The number of carbonyl (C=O) groups excluding carboxylic acids is 1. The summed E-state index contributed by atoms with van der Waals surface area (Å²) in [5.74, 6) is -0.835. The number of phenols is 1. The van der Waals surface area contributed by atoms with E-state index in [1.54, 1.807) is 29.2 Å². The molecule has 6 heteroatoms. The number of urea groups is 1. The maximum absolute atomic E-state index is 12.9. The van der Waals surface area contributed by atoms with Gasteiger partial charge in [-0.2, -0.15) is 0 Å². The number of aromatic hydroxyl groups is 1. The zero-order chi connectivity index (χ0) is 19.7. The van der Waals surface area contributed by atoms with E-state index in [0.29, 0.717) is 25.1 Å². The van der Waals surface area contributed by atoms with Crippen LogP contribution in [-0.2, 0) is 11.3 Å². The minimum atomic E-state index is -0.975. The lowest BCUT2D eigenvalue weighted by Gasteiger charge is -2.40. The minimum absolute atomic E-state index is 0.0461. The molecule has 0 saturated carbocycles. The lowest BCUT2D eigenvalue weighted by molar-refractivity contribution is -0.147. The second-order valence-corrected chi connectivity index (χ2v) is 8.99. The summed E-state index contributed by atoms with van der Waals surface area (Å²) < 4.78 is 0. The molecule has 144 valence electrons. The molecule has 0 unspecified atom stereocenters. The van der Waals surface area contributed by atoms with Crippen molar-refractivity contribution < 1.29 is 19.8 Å².